The first kappa shape index (κ1) is 36.7. The third kappa shape index (κ3) is 15.4. The monoisotopic (exact) mass is 538 g/mol. The average Bonchev–Trinajstić information content (AvgIpc) is 2.86. The summed E-state index contributed by atoms with van der Waals surface area (Å²) in [6.45, 7) is 15.6. The second-order valence-electron chi connectivity index (χ2n) is 8.54. The zero-order chi connectivity index (χ0) is 27.3. The van der Waals surface area contributed by atoms with Crippen molar-refractivity contribution in [2.45, 2.75) is 99.1 Å². The van der Waals surface area contributed by atoms with Crippen molar-refractivity contribution in [2.75, 3.05) is 41.2 Å². The minimum atomic E-state index is -2.56. The van der Waals surface area contributed by atoms with Crippen molar-refractivity contribution >= 4 is 29.2 Å². The Kier molecular flexibility index (Phi) is 22.6. The molecule has 0 bridgehead atoms. The van der Waals surface area contributed by atoms with Gasteiger partial charge in [-0.25, -0.2) is 0 Å². The van der Waals surface area contributed by atoms with Gasteiger partial charge in [0.15, 0.2) is 0 Å². The summed E-state index contributed by atoms with van der Waals surface area (Å²) in [5.74, 6) is 0.953. The van der Waals surface area contributed by atoms with Crippen LogP contribution in [0.15, 0.2) is 0 Å². The SMILES string of the molecule is CCC(C)C(=O)CCC[Si](OC)(OC)OC.CCO[Si](CCCC(=O)C(C)CC)(OCC)OCC. The Morgan fingerprint density at radius 3 is 1.17 bits per heavy atom. The predicted octanol–water partition coefficient (Wildman–Crippen LogP) is 5.69. The Hall–Kier alpha value is -0.466. The summed E-state index contributed by atoms with van der Waals surface area (Å²) in [5, 5.41) is 0. The molecule has 0 saturated heterocycles. The molecule has 210 valence electrons. The summed E-state index contributed by atoms with van der Waals surface area (Å²) in [6.07, 6.45) is 4.54. The van der Waals surface area contributed by atoms with Crippen LogP contribution in [0.5, 0.6) is 0 Å². The van der Waals surface area contributed by atoms with Crippen LogP contribution in [-0.2, 0) is 36.1 Å². The molecule has 0 aromatic heterocycles. The fourth-order valence-electron chi connectivity index (χ4n) is 3.46. The van der Waals surface area contributed by atoms with E-state index in [4.69, 9.17) is 26.6 Å². The molecule has 2 unspecified atom stereocenters. The number of ketones is 2. The molecule has 35 heavy (non-hydrogen) atoms. The van der Waals surface area contributed by atoms with Gasteiger partial charge in [0, 0.05) is 77.9 Å². The zero-order valence-electron chi connectivity index (χ0n) is 24.2. The molecule has 0 heterocycles. The topological polar surface area (TPSA) is 89.5 Å². The van der Waals surface area contributed by atoms with Crippen LogP contribution in [0.3, 0.4) is 0 Å². The van der Waals surface area contributed by atoms with E-state index in [-0.39, 0.29) is 11.8 Å². The highest BCUT2D eigenvalue weighted by Crippen LogP contribution is 2.21. The van der Waals surface area contributed by atoms with E-state index >= 15 is 0 Å². The van der Waals surface area contributed by atoms with Gasteiger partial charge in [-0.3, -0.25) is 9.59 Å². The number of Topliss-reactive ketones (excluding diaryl/α,β-unsaturated/α-hetero) is 2. The van der Waals surface area contributed by atoms with Gasteiger partial charge in [0.2, 0.25) is 0 Å². The quantitative estimate of drug-likeness (QED) is 0.172. The Morgan fingerprint density at radius 1 is 0.600 bits per heavy atom. The first-order valence-corrected chi connectivity index (χ1v) is 17.1. The van der Waals surface area contributed by atoms with Gasteiger partial charge < -0.3 is 26.6 Å². The lowest BCUT2D eigenvalue weighted by Crippen LogP contribution is -2.46. The summed E-state index contributed by atoms with van der Waals surface area (Å²) in [5.41, 5.74) is 0. The summed E-state index contributed by atoms with van der Waals surface area (Å²) < 4.78 is 33.2. The standard InChI is InChI=1S/C14H30O4Si.C11H24O4Si/c1-6-13(5)14(15)11-10-12-19(16-7-2,17-8-3)18-9-4;1-6-10(2)11(12)8-7-9-16(13-3,14-4)15-5/h13H,6-12H2,1-5H3;10H,6-9H2,1-5H3. The minimum Gasteiger partial charge on any atom is -0.377 e. The van der Waals surface area contributed by atoms with Crippen molar-refractivity contribution in [3.63, 3.8) is 0 Å². The molecule has 8 nitrogen and oxygen atoms in total. The largest absolute Gasteiger partial charge is 0.500 e. The average molecular weight is 539 g/mol. The van der Waals surface area contributed by atoms with Gasteiger partial charge in [0.25, 0.3) is 0 Å². The summed E-state index contributed by atoms with van der Waals surface area (Å²) in [6, 6.07) is 1.42. The Morgan fingerprint density at radius 2 is 0.914 bits per heavy atom. The van der Waals surface area contributed by atoms with E-state index in [0.717, 1.165) is 31.7 Å². The molecule has 0 fully saturated rings. The smallest absolute Gasteiger partial charge is 0.377 e. The molecule has 0 amide bonds. The van der Waals surface area contributed by atoms with Crippen LogP contribution in [0.2, 0.25) is 12.1 Å². The maximum absolute atomic E-state index is 11.8. The lowest BCUT2D eigenvalue weighted by Gasteiger charge is -2.28. The summed E-state index contributed by atoms with van der Waals surface area (Å²) in [4.78, 5) is 23.4. The molecular formula is C25H54O8Si2. The van der Waals surface area contributed by atoms with E-state index in [2.05, 4.69) is 0 Å². The van der Waals surface area contributed by atoms with E-state index in [1.165, 1.54) is 0 Å². The molecule has 0 spiro atoms. The van der Waals surface area contributed by atoms with Gasteiger partial charge in [-0.15, -0.1) is 0 Å². The number of hydrogen-bond donors (Lipinski definition) is 0. The van der Waals surface area contributed by atoms with E-state index in [1.54, 1.807) is 21.3 Å². The highest BCUT2D eigenvalue weighted by molar-refractivity contribution is 6.61. The molecule has 0 saturated carbocycles. The first-order valence-electron chi connectivity index (χ1n) is 13.2. The van der Waals surface area contributed by atoms with Crippen LogP contribution in [0.4, 0.5) is 0 Å². The van der Waals surface area contributed by atoms with Crippen LogP contribution in [0.25, 0.3) is 0 Å². The summed E-state index contributed by atoms with van der Waals surface area (Å²) in [7, 11) is -0.262. The van der Waals surface area contributed by atoms with E-state index < -0.39 is 17.6 Å². The van der Waals surface area contributed by atoms with Crippen LogP contribution >= 0.6 is 0 Å². The fraction of sp³-hybridized carbons (Fsp3) is 0.920. The molecule has 0 aliphatic carbocycles. The Bertz CT molecular complexity index is 518. The number of carbonyl (C=O) groups excluding carboxylic acids is 2. The lowest BCUT2D eigenvalue weighted by molar-refractivity contribution is -0.123. The maximum atomic E-state index is 11.8. The van der Waals surface area contributed by atoms with Crippen LogP contribution in [-0.4, -0.2) is 70.3 Å². The molecule has 0 radical (unpaired) electrons. The van der Waals surface area contributed by atoms with Crippen molar-refractivity contribution in [3.05, 3.63) is 0 Å². The normalized spacial score (nSPS) is 13.7. The molecule has 0 N–H and O–H groups in total. The highest BCUT2D eigenvalue weighted by Gasteiger charge is 2.40. The van der Waals surface area contributed by atoms with Gasteiger partial charge >= 0.3 is 17.6 Å². The van der Waals surface area contributed by atoms with Crippen molar-refractivity contribution in [3.8, 4) is 0 Å². The van der Waals surface area contributed by atoms with Crippen molar-refractivity contribution in [1.82, 2.24) is 0 Å². The summed E-state index contributed by atoms with van der Waals surface area (Å²) >= 11 is 0. The molecular weight excluding hydrogens is 484 g/mol. The van der Waals surface area contributed by atoms with Crippen molar-refractivity contribution in [2.24, 2.45) is 11.8 Å². The van der Waals surface area contributed by atoms with Gasteiger partial charge in [-0.1, -0.05) is 27.7 Å². The zero-order valence-corrected chi connectivity index (χ0v) is 26.2. The second kappa shape index (κ2) is 21.6. The number of rotatable bonds is 21. The molecule has 0 aromatic rings. The molecule has 10 heteroatoms. The van der Waals surface area contributed by atoms with Gasteiger partial charge in [-0.2, -0.15) is 0 Å². The highest BCUT2D eigenvalue weighted by atomic mass is 28.4. The number of hydrogen-bond acceptors (Lipinski definition) is 8. The lowest BCUT2D eigenvalue weighted by atomic mass is 10.0. The van der Waals surface area contributed by atoms with Gasteiger partial charge in [0.05, 0.1) is 0 Å². The maximum Gasteiger partial charge on any atom is 0.500 e. The van der Waals surface area contributed by atoms with E-state index in [0.29, 0.717) is 50.3 Å². The predicted molar refractivity (Wildman–Crippen MR) is 144 cm³/mol. The van der Waals surface area contributed by atoms with Gasteiger partial charge in [-0.05, 0) is 46.5 Å². The van der Waals surface area contributed by atoms with E-state index in [1.807, 2.05) is 48.5 Å². The van der Waals surface area contributed by atoms with E-state index in [9.17, 15) is 9.59 Å². The molecule has 0 rings (SSSR count). The molecule has 0 aromatic carbocycles. The Labute approximate surface area is 217 Å². The van der Waals surface area contributed by atoms with Crippen molar-refractivity contribution < 1.29 is 36.1 Å². The van der Waals surface area contributed by atoms with Crippen LogP contribution in [0, 0.1) is 11.8 Å². The number of carbonyl (C=O) groups is 2. The van der Waals surface area contributed by atoms with Crippen LogP contribution in [0.1, 0.15) is 87.0 Å². The molecule has 0 aliphatic rings. The fourth-order valence-corrected chi connectivity index (χ4v) is 7.80. The van der Waals surface area contributed by atoms with Crippen LogP contribution < -0.4 is 0 Å². The second-order valence-corrected chi connectivity index (χ2v) is 14.4. The Balaban J connectivity index is 0. The van der Waals surface area contributed by atoms with Crippen molar-refractivity contribution in [1.29, 1.82) is 0 Å². The molecule has 2 atom stereocenters. The van der Waals surface area contributed by atoms with Gasteiger partial charge in [0.1, 0.15) is 11.6 Å². The third-order valence-corrected chi connectivity index (χ3v) is 12.1. The minimum absolute atomic E-state index is 0.155. The molecule has 0 aliphatic heterocycles. The first-order chi connectivity index (χ1) is 16.6. The third-order valence-electron chi connectivity index (χ3n) is 6.16.